The summed E-state index contributed by atoms with van der Waals surface area (Å²) in [6, 6.07) is 3.76. The largest absolute Gasteiger partial charge is 0.353 e. The van der Waals surface area contributed by atoms with Crippen molar-refractivity contribution in [2.24, 2.45) is 5.92 Å². The van der Waals surface area contributed by atoms with Gasteiger partial charge in [0.05, 0.1) is 12.5 Å². The topological polar surface area (TPSA) is 52.7 Å². The normalized spacial score (nSPS) is 20.4. The quantitative estimate of drug-likeness (QED) is 0.736. The number of nitrogens with one attached hydrogen (secondary N) is 1. The van der Waals surface area contributed by atoms with E-state index in [9.17, 15) is 14.0 Å². The lowest BCUT2D eigenvalue weighted by molar-refractivity contribution is -0.139. The van der Waals surface area contributed by atoms with Crippen molar-refractivity contribution >= 4 is 23.4 Å². The number of hydrogen-bond acceptors (Lipinski definition) is 3. The summed E-state index contributed by atoms with van der Waals surface area (Å²) in [6.45, 7) is 5.17. The Morgan fingerprint density at radius 1 is 1.41 bits per heavy atom. The molecule has 2 aliphatic rings. The Morgan fingerprint density at radius 3 is 2.85 bits per heavy atom. The van der Waals surface area contributed by atoms with Crippen LogP contribution in [0.1, 0.15) is 38.2 Å². The van der Waals surface area contributed by atoms with Gasteiger partial charge in [0.15, 0.2) is 0 Å². The van der Waals surface area contributed by atoms with E-state index >= 15 is 0 Å². The maximum Gasteiger partial charge on any atom is 0.237 e. The molecular weight excluding hydrogens is 369 g/mol. The molecule has 1 heterocycles. The summed E-state index contributed by atoms with van der Waals surface area (Å²) in [5.74, 6) is 0.133. The average Bonchev–Trinajstić information content (AvgIpc) is 3.44. The van der Waals surface area contributed by atoms with E-state index in [1.807, 2.05) is 9.80 Å². The predicted molar refractivity (Wildman–Crippen MR) is 103 cm³/mol. The number of benzene rings is 1. The fourth-order valence-corrected chi connectivity index (χ4v) is 3.76. The molecule has 5 nitrogen and oxygen atoms in total. The van der Waals surface area contributed by atoms with Gasteiger partial charge in [-0.15, -0.1) is 0 Å². The van der Waals surface area contributed by atoms with E-state index in [0.29, 0.717) is 30.6 Å². The molecule has 3 rings (SSSR count). The van der Waals surface area contributed by atoms with Crippen molar-refractivity contribution in [2.45, 2.75) is 45.2 Å². The summed E-state index contributed by atoms with van der Waals surface area (Å²) >= 11 is 6.15. The molecule has 2 amide bonds. The lowest BCUT2D eigenvalue weighted by Crippen LogP contribution is -2.56. The Bertz CT molecular complexity index is 696. The molecule has 1 unspecified atom stereocenters. The summed E-state index contributed by atoms with van der Waals surface area (Å²) in [5, 5.41) is 3.20. The highest BCUT2D eigenvalue weighted by atomic mass is 35.5. The monoisotopic (exact) mass is 395 g/mol. The number of hydrogen-bond donors (Lipinski definition) is 1. The van der Waals surface area contributed by atoms with Gasteiger partial charge >= 0.3 is 0 Å². The second-order valence-electron chi connectivity index (χ2n) is 7.50. The third-order valence-corrected chi connectivity index (χ3v) is 5.57. The van der Waals surface area contributed by atoms with Crippen molar-refractivity contribution in [3.63, 3.8) is 0 Å². The molecule has 0 bridgehead atoms. The molecular formula is C20H27ClFN3O2. The third kappa shape index (κ3) is 5.42. The smallest absolute Gasteiger partial charge is 0.237 e. The standard InChI is InChI=1S/C20H27ClFN3O2/c1-2-8-25(12-14-3-4-14)19(26)11-18-20(27)23-7-9-24(18)13-15-5-6-16(22)10-17(15)21/h5-6,10,14,18H,2-4,7-9,11-13H2,1H3,(H,23,27). The molecule has 0 radical (unpaired) electrons. The van der Waals surface area contributed by atoms with E-state index in [0.717, 1.165) is 25.1 Å². The molecule has 1 saturated heterocycles. The minimum Gasteiger partial charge on any atom is -0.353 e. The van der Waals surface area contributed by atoms with Crippen LogP contribution in [0.15, 0.2) is 18.2 Å². The van der Waals surface area contributed by atoms with Crippen molar-refractivity contribution in [1.29, 1.82) is 0 Å². The number of nitrogens with zero attached hydrogens (tertiary/aromatic N) is 2. The van der Waals surface area contributed by atoms with Gasteiger partial charge in [-0.25, -0.2) is 4.39 Å². The van der Waals surface area contributed by atoms with Gasteiger partial charge in [-0.05, 0) is 42.9 Å². The number of amides is 2. The maximum absolute atomic E-state index is 13.3. The average molecular weight is 396 g/mol. The Balaban J connectivity index is 1.69. The van der Waals surface area contributed by atoms with Crippen LogP contribution in [-0.2, 0) is 16.1 Å². The molecule has 0 aromatic heterocycles. The molecule has 148 valence electrons. The van der Waals surface area contributed by atoms with E-state index < -0.39 is 6.04 Å². The summed E-state index contributed by atoms with van der Waals surface area (Å²) in [6.07, 6.45) is 3.45. The zero-order valence-electron chi connectivity index (χ0n) is 15.7. The molecule has 1 saturated carbocycles. The number of carbonyl (C=O) groups is 2. The van der Waals surface area contributed by atoms with Crippen LogP contribution in [-0.4, -0.2) is 53.8 Å². The van der Waals surface area contributed by atoms with Gasteiger partial charge in [0, 0.05) is 37.7 Å². The van der Waals surface area contributed by atoms with E-state index in [1.165, 1.54) is 25.0 Å². The van der Waals surface area contributed by atoms with Gasteiger partial charge in [-0.3, -0.25) is 14.5 Å². The molecule has 7 heteroatoms. The first-order valence-electron chi connectivity index (χ1n) is 9.71. The summed E-state index contributed by atoms with van der Waals surface area (Å²) in [5.41, 5.74) is 0.758. The third-order valence-electron chi connectivity index (χ3n) is 5.22. The second-order valence-corrected chi connectivity index (χ2v) is 7.91. The van der Waals surface area contributed by atoms with Crippen LogP contribution < -0.4 is 5.32 Å². The summed E-state index contributed by atoms with van der Waals surface area (Å²) in [7, 11) is 0. The highest BCUT2D eigenvalue weighted by Gasteiger charge is 2.34. The molecule has 1 aromatic rings. The molecule has 1 aliphatic heterocycles. The fraction of sp³-hybridized carbons (Fsp3) is 0.600. The number of halogens is 2. The van der Waals surface area contributed by atoms with Crippen LogP contribution >= 0.6 is 11.6 Å². The van der Waals surface area contributed by atoms with E-state index in [-0.39, 0.29) is 24.1 Å². The first-order chi connectivity index (χ1) is 13.0. The van der Waals surface area contributed by atoms with Crippen molar-refractivity contribution in [3.05, 3.63) is 34.6 Å². The van der Waals surface area contributed by atoms with Crippen LogP contribution in [0.5, 0.6) is 0 Å². The SMILES string of the molecule is CCCN(CC1CC1)C(=O)CC1C(=O)NCCN1Cc1ccc(F)cc1Cl. The predicted octanol–water partition coefficient (Wildman–Crippen LogP) is 2.82. The van der Waals surface area contributed by atoms with Gasteiger partial charge in [-0.2, -0.15) is 0 Å². The highest BCUT2D eigenvalue weighted by molar-refractivity contribution is 6.31. The Labute approximate surface area is 164 Å². The molecule has 0 spiro atoms. The first-order valence-corrected chi connectivity index (χ1v) is 10.1. The minimum absolute atomic E-state index is 0.0287. The van der Waals surface area contributed by atoms with Gasteiger partial charge in [0.25, 0.3) is 0 Å². The van der Waals surface area contributed by atoms with Gasteiger partial charge in [-0.1, -0.05) is 24.6 Å². The molecule has 1 N–H and O–H groups in total. The lowest BCUT2D eigenvalue weighted by Gasteiger charge is -2.36. The van der Waals surface area contributed by atoms with Crippen molar-refractivity contribution in [3.8, 4) is 0 Å². The molecule has 2 fully saturated rings. The van der Waals surface area contributed by atoms with Crippen LogP contribution in [0.4, 0.5) is 4.39 Å². The van der Waals surface area contributed by atoms with Crippen molar-refractivity contribution in [2.75, 3.05) is 26.2 Å². The van der Waals surface area contributed by atoms with Crippen molar-refractivity contribution < 1.29 is 14.0 Å². The Morgan fingerprint density at radius 2 is 2.19 bits per heavy atom. The fourth-order valence-electron chi connectivity index (χ4n) is 3.54. The Hall–Kier alpha value is -1.66. The van der Waals surface area contributed by atoms with Gasteiger partial charge in [0.2, 0.25) is 11.8 Å². The van der Waals surface area contributed by atoms with E-state index in [4.69, 9.17) is 11.6 Å². The zero-order chi connectivity index (χ0) is 19.4. The number of carbonyl (C=O) groups excluding carboxylic acids is 2. The molecule has 1 aliphatic carbocycles. The van der Waals surface area contributed by atoms with Gasteiger partial charge in [0.1, 0.15) is 5.82 Å². The first kappa shape index (κ1) is 20.1. The summed E-state index contributed by atoms with van der Waals surface area (Å²) in [4.78, 5) is 29.2. The number of rotatable bonds is 8. The molecule has 27 heavy (non-hydrogen) atoms. The minimum atomic E-state index is -0.522. The Kier molecular flexibility index (Phi) is 6.71. The highest BCUT2D eigenvalue weighted by Crippen LogP contribution is 2.30. The van der Waals surface area contributed by atoms with Crippen LogP contribution in [0, 0.1) is 11.7 Å². The second kappa shape index (κ2) is 9.02. The summed E-state index contributed by atoms with van der Waals surface area (Å²) < 4.78 is 13.3. The zero-order valence-corrected chi connectivity index (χ0v) is 16.5. The molecule has 1 aromatic carbocycles. The van der Waals surface area contributed by atoms with Crippen LogP contribution in [0.2, 0.25) is 5.02 Å². The maximum atomic E-state index is 13.3. The number of piperazine rings is 1. The van der Waals surface area contributed by atoms with Crippen LogP contribution in [0.3, 0.4) is 0 Å². The van der Waals surface area contributed by atoms with Crippen molar-refractivity contribution in [1.82, 2.24) is 15.1 Å². The molecule has 1 atom stereocenters. The lowest BCUT2D eigenvalue weighted by atomic mass is 10.1. The van der Waals surface area contributed by atoms with E-state index in [2.05, 4.69) is 12.2 Å². The van der Waals surface area contributed by atoms with Crippen LogP contribution in [0.25, 0.3) is 0 Å². The van der Waals surface area contributed by atoms with E-state index in [1.54, 1.807) is 6.07 Å². The van der Waals surface area contributed by atoms with Gasteiger partial charge < -0.3 is 10.2 Å².